The Morgan fingerprint density at radius 3 is 1.97 bits per heavy atom. The number of nitrogen functional groups attached to an aromatic ring is 2. The number of aromatic nitrogens is 8. The van der Waals surface area contributed by atoms with Crippen molar-refractivity contribution in [1.29, 1.82) is 0 Å². The maximum absolute atomic E-state index is 10.2. The Balaban J connectivity index is 0.000000158. The van der Waals surface area contributed by atoms with Gasteiger partial charge in [0.2, 0.25) is 0 Å². The number of hydrogen-bond donors (Lipinski definition) is 8. The molecule has 10 N–H and O–H groups in total. The van der Waals surface area contributed by atoms with Gasteiger partial charge >= 0.3 is 0 Å². The van der Waals surface area contributed by atoms with E-state index in [2.05, 4.69) is 29.9 Å². The molecule has 0 radical (unpaired) electrons. The van der Waals surface area contributed by atoms with E-state index in [0.29, 0.717) is 22.3 Å². The molecule has 0 bridgehead atoms. The summed E-state index contributed by atoms with van der Waals surface area (Å²) in [5.74, 6) is 0.430. The smallest absolute Gasteiger partial charge is 0.173 e. The van der Waals surface area contributed by atoms with Crippen molar-refractivity contribution in [2.24, 2.45) is 0 Å². The van der Waals surface area contributed by atoms with Gasteiger partial charge < -0.3 is 51.6 Å². The number of ether oxygens (including phenoxy) is 2. The molecule has 0 saturated carbocycles. The predicted octanol–water partition coefficient (Wildman–Crippen LogP) is -3.79. The molecule has 8 atom stereocenters. The van der Waals surface area contributed by atoms with Crippen LogP contribution in [-0.2, 0) is 15.2 Å². The van der Waals surface area contributed by atoms with Crippen LogP contribution in [0.15, 0.2) is 25.3 Å². The minimum absolute atomic E-state index is 0.212. The molecule has 18 nitrogen and oxygen atoms in total. The van der Waals surface area contributed by atoms with Gasteiger partial charge in [-0.15, -0.1) is 0 Å². The van der Waals surface area contributed by atoms with E-state index >= 15 is 0 Å². The molecule has 2 aliphatic rings. The van der Waals surface area contributed by atoms with Gasteiger partial charge in [0.05, 0.1) is 25.9 Å². The molecule has 4 aromatic heterocycles. The van der Waals surface area contributed by atoms with Crippen LogP contribution in [0.5, 0.6) is 0 Å². The summed E-state index contributed by atoms with van der Waals surface area (Å²) in [6.45, 7) is 0.784. The second kappa shape index (κ2) is 10.2. The highest BCUT2D eigenvalue weighted by Gasteiger charge is 2.53. The largest absolute Gasteiger partial charge is 0.394 e. The van der Waals surface area contributed by atoms with E-state index < -0.39 is 61.8 Å². The summed E-state index contributed by atoms with van der Waals surface area (Å²) in [5.41, 5.74) is 11.6. The molecule has 0 spiro atoms. The minimum atomic E-state index is -1.30. The lowest BCUT2D eigenvalue weighted by atomic mass is 10.0. The molecule has 0 amide bonds. The summed E-state index contributed by atoms with van der Waals surface area (Å²) in [6.07, 6.45) is -2.07. The van der Waals surface area contributed by atoms with Crippen LogP contribution in [0.2, 0.25) is 0 Å². The van der Waals surface area contributed by atoms with Gasteiger partial charge in [0.1, 0.15) is 60.3 Å². The van der Waals surface area contributed by atoms with Crippen LogP contribution in [0.4, 0.5) is 11.6 Å². The van der Waals surface area contributed by atoms with E-state index in [1.165, 1.54) is 34.4 Å². The monoisotopic (exact) mass is 548 g/mol. The molecule has 2 saturated heterocycles. The summed E-state index contributed by atoms with van der Waals surface area (Å²) in [7, 11) is 0. The zero-order valence-corrected chi connectivity index (χ0v) is 20.5. The summed E-state index contributed by atoms with van der Waals surface area (Å²) in [4.78, 5) is 23.9. The molecule has 0 aliphatic carbocycles. The maximum atomic E-state index is 10.2. The van der Waals surface area contributed by atoms with Crippen molar-refractivity contribution in [3.63, 3.8) is 0 Å². The Morgan fingerprint density at radius 1 is 0.795 bits per heavy atom. The van der Waals surface area contributed by atoms with Crippen molar-refractivity contribution in [2.45, 2.75) is 55.5 Å². The Labute approximate surface area is 219 Å². The van der Waals surface area contributed by atoms with Gasteiger partial charge in [-0.05, 0) is 6.92 Å². The first-order valence-corrected chi connectivity index (χ1v) is 11.8. The van der Waals surface area contributed by atoms with Gasteiger partial charge in [-0.25, -0.2) is 29.9 Å². The third kappa shape index (κ3) is 4.32. The average molecular weight is 549 g/mol. The molecule has 4 aromatic rings. The Hall–Kier alpha value is -3.62. The van der Waals surface area contributed by atoms with Crippen LogP contribution in [-0.4, -0.2) is 120 Å². The van der Waals surface area contributed by atoms with Crippen LogP contribution < -0.4 is 11.5 Å². The molecule has 18 heteroatoms. The molecule has 210 valence electrons. The number of hydrogen-bond acceptors (Lipinski definition) is 16. The third-order valence-corrected chi connectivity index (χ3v) is 6.84. The highest BCUT2D eigenvalue weighted by molar-refractivity contribution is 5.81. The molecule has 39 heavy (non-hydrogen) atoms. The fraction of sp³-hybridized carbons (Fsp3) is 0.524. The van der Waals surface area contributed by atoms with Gasteiger partial charge in [0, 0.05) is 0 Å². The lowest BCUT2D eigenvalue weighted by Gasteiger charge is -2.29. The number of aliphatic hydroxyl groups excluding tert-OH is 6. The fourth-order valence-corrected chi connectivity index (χ4v) is 4.65. The van der Waals surface area contributed by atoms with Gasteiger partial charge in [0.25, 0.3) is 0 Å². The summed E-state index contributed by atoms with van der Waals surface area (Å²) < 4.78 is 13.9. The molecule has 2 aliphatic heterocycles. The number of rotatable bonds is 4. The first kappa shape index (κ1) is 27.0. The van der Waals surface area contributed by atoms with Crippen molar-refractivity contribution in [2.75, 3.05) is 24.7 Å². The first-order chi connectivity index (χ1) is 18.6. The normalized spacial score (nSPS) is 32.5. The zero-order valence-electron chi connectivity index (χ0n) is 20.5. The van der Waals surface area contributed by atoms with E-state index in [9.17, 15) is 25.5 Å². The van der Waals surface area contributed by atoms with E-state index in [1.54, 1.807) is 6.92 Å². The van der Waals surface area contributed by atoms with E-state index in [4.69, 9.17) is 26.0 Å². The van der Waals surface area contributed by atoms with Crippen molar-refractivity contribution < 1.29 is 40.1 Å². The van der Waals surface area contributed by atoms with E-state index in [-0.39, 0.29) is 11.6 Å². The maximum Gasteiger partial charge on any atom is 0.173 e. The number of anilines is 2. The second-order valence-electron chi connectivity index (χ2n) is 9.19. The Bertz CT molecular complexity index is 1470. The molecular weight excluding hydrogens is 520 g/mol. The molecule has 0 aromatic carbocycles. The van der Waals surface area contributed by atoms with Crippen molar-refractivity contribution in [1.82, 2.24) is 39.0 Å². The van der Waals surface area contributed by atoms with E-state index in [1.807, 2.05) is 0 Å². The van der Waals surface area contributed by atoms with Crippen molar-refractivity contribution in [3.8, 4) is 0 Å². The number of nitrogens with zero attached hydrogens (tertiary/aromatic N) is 8. The summed E-state index contributed by atoms with van der Waals surface area (Å²) in [6, 6.07) is 0. The minimum Gasteiger partial charge on any atom is -0.394 e. The fourth-order valence-electron chi connectivity index (χ4n) is 4.65. The van der Waals surface area contributed by atoms with E-state index in [0.717, 1.165) is 0 Å². The second-order valence-corrected chi connectivity index (χ2v) is 9.19. The number of aliphatic hydroxyl groups is 6. The lowest BCUT2D eigenvalue weighted by Crippen LogP contribution is -2.43. The van der Waals surface area contributed by atoms with Crippen LogP contribution in [0.25, 0.3) is 22.3 Å². The average Bonchev–Trinajstić information content (AvgIpc) is 3.68. The Morgan fingerprint density at radius 2 is 1.38 bits per heavy atom. The molecule has 6 heterocycles. The van der Waals surface area contributed by atoms with Gasteiger partial charge in [-0.3, -0.25) is 9.13 Å². The molecule has 0 unspecified atom stereocenters. The first-order valence-electron chi connectivity index (χ1n) is 11.8. The predicted molar refractivity (Wildman–Crippen MR) is 130 cm³/mol. The molecule has 2 fully saturated rings. The quantitative estimate of drug-likeness (QED) is 0.121. The van der Waals surface area contributed by atoms with Crippen LogP contribution in [0.3, 0.4) is 0 Å². The van der Waals surface area contributed by atoms with Gasteiger partial charge in [0.15, 0.2) is 34.9 Å². The standard InChI is InChI=1S/C11H15N5O4.C10H13N5O4/c1-11(8(19)7(18)5(2-17)20-11)16-4-15-6-9(12)13-3-14-10(6)16;11-8-5-9(13-2-12-8)15(3-14-5)10-7(18)6(17)4(1-16)19-10/h3-5,7-8,17-19H,2H2,1H3,(H2,12,13,14);2-4,6-7,10,16-18H,1H2,(H2,11,12,13)/t5-,7-,8-,11-;4-,6-,7-,10-/m11/s1. The molecular formula is C21H28N10O8. The van der Waals surface area contributed by atoms with Crippen molar-refractivity contribution >= 4 is 34.0 Å². The van der Waals surface area contributed by atoms with Crippen molar-refractivity contribution in [3.05, 3.63) is 25.3 Å². The number of nitrogens with two attached hydrogens (primary N) is 2. The Kier molecular flexibility index (Phi) is 7.03. The zero-order chi connectivity index (χ0) is 28.1. The summed E-state index contributed by atoms with van der Waals surface area (Å²) >= 11 is 0. The van der Waals surface area contributed by atoms with Gasteiger partial charge in [-0.1, -0.05) is 0 Å². The van der Waals surface area contributed by atoms with Crippen LogP contribution in [0.1, 0.15) is 13.2 Å². The van der Waals surface area contributed by atoms with Crippen LogP contribution >= 0.6 is 0 Å². The SMILES string of the molecule is C[C@@]1(n2cnc3c(N)ncnc32)O[C@H](CO)[C@@H](O)[C@H]1O.Nc1ncnc2c1ncn2[C@@H]1O[C@H](CO)[C@@H](O)[C@H]1O. The van der Waals surface area contributed by atoms with Crippen LogP contribution in [0, 0.1) is 0 Å². The highest BCUT2D eigenvalue weighted by atomic mass is 16.6. The lowest BCUT2D eigenvalue weighted by molar-refractivity contribution is -0.132. The number of fused-ring (bicyclic) bond motifs is 2. The van der Waals surface area contributed by atoms with Gasteiger partial charge in [-0.2, -0.15) is 0 Å². The molecule has 6 rings (SSSR count). The highest BCUT2D eigenvalue weighted by Crippen LogP contribution is 2.37. The third-order valence-electron chi connectivity index (χ3n) is 6.84. The number of imidazole rings is 2. The topological polar surface area (TPSA) is 279 Å². The summed E-state index contributed by atoms with van der Waals surface area (Å²) in [5, 5.41) is 58.0.